The number of aliphatic hydroxyl groups is 3. The van der Waals surface area contributed by atoms with Gasteiger partial charge in [-0.15, -0.1) is 0 Å². The third-order valence-electron chi connectivity index (χ3n) is 13.7. The molecule has 0 spiro atoms. The fourth-order valence-corrected chi connectivity index (χ4v) is 10.4. The van der Waals surface area contributed by atoms with Gasteiger partial charge >= 0.3 is 25.9 Å². The molecule has 3 aromatic carbocycles. The Morgan fingerprint density at radius 1 is 0.882 bits per heavy atom. The van der Waals surface area contributed by atoms with E-state index in [1.54, 1.807) is 66.7 Å². The molecular weight excluding hydrogens is 1340 g/mol. The second kappa shape index (κ2) is 22.1. The molecule has 1 aliphatic heterocycles. The fourth-order valence-electron chi connectivity index (χ4n) is 10.2. The fraction of sp³-hybridized carbons (Fsp3) is 0.457. The number of rotatable bonds is 13. The van der Waals surface area contributed by atoms with Crippen molar-refractivity contribution < 1.29 is 175 Å². The molecule has 1 saturated heterocycles. The van der Waals surface area contributed by atoms with E-state index < -0.39 is 128 Å². The number of fused-ring (bicyclic) bond motifs is 5. The van der Waals surface area contributed by atoms with Crippen LogP contribution in [0.2, 0.25) is 0 Å². The van der Waals surface area contributed by atoms with Crippen molar-refractivity contribution in [2.24, 2.45) is 16.7 Å². The molecule has 2 bridgehead atoms. The number of hydrogen-bond acceptors (Lipinski definition) is 16. The van der Waals surface area contributed by atoms with E-state index in [4.69, 9.17) is 28.4 Å². The number of carbonyl (C=O) groups is 5. The number of benzene rings is 3. The van der Waals surface area contributed by atoms with E-state index in [-0.39, 0.29) is 117 Å². The molecule has 6 N–H and O–H groups in total. The van der Waals surface area contributed by atoms with Gasteiger partial charge in [0.1, 0.15) is 35.6 Å². The zero-order chi connectivity index (χ0) is 48.0. The van der Waals surface area contributed by atoms with Crippen LogP contribution in [0.5, 0.6) is 0 Å². The molecule has 7 rings (SSSR count). The number of ketones is 1. The smallest absolute Gasteiger partial charge is 0.455 e. The Labute approximate surface area is 463 Å². The standard InChI is InChI=1S/C46H52NO18P.2Ac/c1-25-29(63-41(52)35(64-42(53)59-5)33(26-15-9-6-10-16-26)47-39(50)27-17-11-7-12-18-27)22-46(55)38(65-40(51)28-19-13-8-14-20-28)36-44(4,37(49)34(48)32(25)43(46,2)3)30(61-24-62-66(56,57)58)21-31-45(36,54)23-60-31;;/h6-20,29-31,33-36,38,48,54-55H,21-24H2,1-5H3,(H,47,50)(H2,56,57,58);;/t29?,30?,31?,33?,34?,35?,36?,38?,44-,45?,46?;;/m1../s1. The Morgan fingerprint density at radius 3 is 2.00 bits per heavy atom. The van der Waals surface area contributed by atoms with E-state index in [1.807, 2.05) is 0 Å². The van der Waals surface area contributed by atoms with E-state index in [0.717, 1.165) is 7.11 Å². The Bertz CT molecular complexity index is 2420. The number of carbonyl (C=O) groups excluding carboxylic acids is 5. The van der Waals surface area contributed by atoms with E-state index in [2.05, 4.69) is 9.84 Å². The molecule has 68 heavy (non-hydrogen) atoms. The van der Waals surface area contributed by atoms with Gasteiger partial charge in [0.05, 0.1) is 36.9 Å². The van der Waals surface area contributed by atoms with Crippen molar-refractivity contribution in [3.05, 3.63) is 119 Å². The van der Waals surface area contributed by atoms with Crippen LogP contribution in [-0.4, -0.2) is 123 Å². The number of methoxy groups -OCH3 is 1. The molecule has 1 heterocycles. The van der Waals surface area contributed by atoms with Gasteiger partial charge in [0.25, 0.3) is 5.91 Å². The molecule has 360 valence electrons. The van der Waals surface area contributed by atoms with Gasteiger partial charge in [0, 0.05) is 118 Å². The molecule has 3 fully saturated rings. The maximum atomic E-state index is 15.3. The summed E-state index contributed by atoms with van der Waals surface area (Å²) in [5.74, 6) is -5.63. The van der Waals surface area contributed by atoms with Crippen LogP contribution in [-0.2, 0) is 47.1 Å². The third-order valence-corrected chi connectivity index (χ3v) is 14.2. The average Bonchev–Trinajstić information content (AvgIpc) is 3.28. The monoisotopic (exact) mass is 1390 g/mol. The number of esters is 2. The number of phosphoric acid groups is 1. The minimum Gasteiger partial charge on any atom is -0.455 e. The zero-order valence-corrected chi connectivity index (χ0v) is 48.1. The Hall–Kier alpha value is -2.46. The maximum absolute atomic E-state index is 15.3. The summed E-state index contributed by atoms with van der Waals surface area (Å²) in [5, 5.41) is 41.4. The number of Topliss-reactive ketones (excluding diaryl/α,β-unsaturated/α-hetero) is 1. The van der Waals surface area contributed by atoms with Crippen LogP contribution in [0, 0.1) is 105 Å². The third kappa shape index (κ3) is 10.7. The van der Waals surface area contributed by atoms with Gasteiger partial charge in [0.2, 0.25) is 6.10 Å². The molecule has 4 aliphatic rings. The molecule has 3 aromatic rings. The number of ether oxygens (including phenoxy) is 6. The van der Waals surface area contributed by atoms with Crippen molar-refractivity contribution in [1.82, 2.24) is 5.32 Å². The van der Waals surface area contributed by atoms with Gasteiger partial charge in [-0.3, -0.25) is 14.1 Å². The first-order valence-electron chi connectivity index (χ1n) is 21.0. The van der Waals surface area contributed by atoms with Crippen LogP contribution in [0.25, 0.3) is 0 Å². The minimum absolute atomic E-state index is 0. The summed E-state index contributed by atoms with van der Waals surface area (Å²) in [7, 11) is -4.11. The predicted molar refractivity (Wildman–Crippen MR) is 227 cm³/mol. The zero-order valence-electron chi connectivity index (χ0n) is 37.8. The SMILES string of the molecule is COC(=O)OC(C(=O)OC1CC2(O)C(OC(=O)c3ccccc3)C3C4(O)COC4CC(OCOP(=O)(O)O)[C@@]3(C)C(=O)C(O)C(=C1C)C2(C)C)C(NC(=O)c1ccccc1)c1ccccc1.[Ac].[Ac]. The molecule has 0 aromatic heterocycles. The van der Waals surface area contributed by atoms with Gasteiger partial charge in [-0.05, 0) is 54.8 Å². The average molecular weight is 1390 g/mol. The number of aliphatic hydroxyl groups excluding tert-OH is 1. The summed E-state index contributed by atoms with van der Waals surface area (Å²) in [6.45, 7) is 4.26. The van der Waals surface area contributed by atoms with Crippen molar-refractivity contribution >= 4 is 37.6 Å². The second-order valence-corrected chi connectivity index (χ2v) is 18.9. The molecule has 3 aliphatic carbocycles. The summed E-state index contributed by atoms with van der Waals surface area (Å²) in [5.41, 5.74) is -8.01. The first-order valence-corrected chi connectivity index (χ1v) is 22.5. The summed E-state index contributed by atoms with van der Waals surface area (Å²) < 4.78 is 50.7. The maximum Gasteiger partial charge on any atom is 0.508 e. The van der Waals surface area contributed by atoms with Gasteiger partial charge in [-0.2, -0.15) is 0 Å². The van der Waals surface area contributed by atoms with Crippen molar-refractivity contribution in [3.63, 3.8) is 0 Å². The first-order chi connectivity index (χ1) is 31.1. The Kier molecular flexibility index (Phi) is 18.4. The molecule has 2 radical (unpaired) electrons. The quantitative estimate of drug-likeness (QED) is 0.0470. The van der Waals surface area contributed by atoms with Crippen LogP contribution in [0.3, 0.4) is 0 Å². The molecule has 22 heteroatoms. The molecular formula is C46H52Ac2NO18P. The van der Waals surface area contributed by atoms with E-state index in [0.29, 0.717) is 5.56 Å². The van der Waals surface area contributed by atoms with Gasteiger partial charge in [-0.25, -0.2) is 18.9 Å². The van der Waals surface area contributed by atoms with Crippen molar-refractivity contribution in [3.8, 4) is 0 Å². The van der Waals surface area contributed by atoms with Crippen LogP contribution in [0.4, 0.5) is 4.79 Å². The van der Waals surface area contributed by atoms with Gasteiger partial charge in [-0.1, -0.05) is 80.6 Å². The number of phosphoric ester groups is 1. The molecule has 10 unspecified atom stereocenters. The Balaban J connectivity index is 0.00000432. The largest absolute Gasteiger partial charge is 0.508 e. The van der Waals surface area contributed by atoms with Gasteiger partial charge < -0.3 is 58.8 Å². The van der Waals surface area contributed by atoms with E-state index >= 15 is 4.79 Å². The molecule has 11 atom stereocenters. The summed E-state index contributed by atoms with van der Waals surface area (Å²) in [6.07, 6.45) is -12.5. The number of amides is 1. The van der Waals surface area contributed by atoms with Crippen molar-refractivity contribution in [2.45, 2.75) is 94.4 Å². The van der Waals surface area contributed by atoms with Crippen LogP contribution in [0.15, 0.2) is 102 Å². The van der Waals surface area contributed by atoms with Crippen molar-refractivity contribution in [2.75, 3.05) is 20.5 Å². The second-order valence-electron chi connectivity index (χ2n) is 17.6. The summed E-state index contributed by atoms with van der Waals surface area (Å²) in [6, 6.07) is 22.3. The minimum atomic E-state index is -5.11. The topological polar surface area (TPSA) is 280 Å². The van der Waals surface area contributed by atoms with E-state index in [9.17, 15) is 48.8 Å². The number of hydrogen-bond donors (Lipinski definition) is 6. The van der Waals surface area contributed by atoms with E-state index in [1.165, 1.54) is 52.0 Å². The number of nitrogens with one attached hydrogen (secondary N) is 1. The summed E-state index contributed by atoms with van der Waals surface area (Å²) in [4.78, 5) is 89.7. The first kappa shape index (κ1) is 56.5. The summed E-state index contributed by atoms with van der Waals surface area (Å²) >= 11 is 0. The molecule has 1 amide bonds. The van der Waals surface area contributed by atoms with Crippen LogP contribution < -0.4 is 5.32 Å². The van der Waals surface area contributed by atoms with Gasteiger partial charge in [0.15, 0.2) is 12.6 Å². The Morgan fingerprint density at radius 2 is 1.46 bits per heavy atom. The predicted octanol–water partition coefficient (Wildman–Crippen LogP) is 3.48. The van der Waals surface area contributed by atoms with Crippen molar-refractivity contribution in [1.29, 1.82) is 0 Å². The normalized spacial score (nSPS) is 30.1. The molecule has 19 nitrogen and oxygen atoms in total. The molecule has 2 saturated carbocycles. The van der Waals surface area contributed by atoms with Crippen LogP contribution >= 0.6 is 7.82 Å². The van der Waals surface area contributed by atoms with Crippen LogP contribution in [0.1, 0.15) is 72.9 Å².